The van der Waals surface area contributed by atoms with E-state index in [1.54, 1.807) is 6.26 Å². The Kier molecular flexibility index (Phi) is 4.08. The van der Waals surface area contributed by atoms with Gasteiger partial charge in [0, 0.05) is 50.2 Å². The molecule has 0 radical (unpaired) electrons. The maximum atomic E-state index is 12.9. The Morgan fingerprint density at radius 1 is 1.38 bits per heavy atom. The molecule has 3 aliphatic rings. The maximum Gasteiger partial charge on any atom is 0.249 e. The van der Waals surface area contributed by atoms with Crippen molar-refractivity contribution in [2.75, 3.05) is 26.2 Å². The van der Waals surface area contributed by atoms with E-state index < -0.39 is 11.8 Å². The van der Waals surface area contributed by atoms with Crippen molar-refractivity contribution >= 4 is 5.91 Å². The number of carbonyl (C=O) groups excluding carboxylic acids is 1. The SMILES string of the molecule is O=C(NC[C@@H]1CO[C@@H]2CN(Cc3ccco3)C[C@H]12)C1CC(F)(F)C1. The Morgan fingerprint density at radius 2 is 2.21 bits per heavy atom. The Balaban J connectivity index is 1.25. The largest absolute Gasteiger partial charge is 0.468 e. The fourth-order valence-corrected chi connectivity index (χ4v) is 4.06. The summed E-state index contributed by atoms with van der Waals surface area (Å²) in [7, 11) is 0. The average molecular weight is 340 g/mol. The molecule has 0 spiro atoms. The van der Waals surface area contributed by atoms with Crippen LogP contribution in [0.25, 0.3) is 0 Å². The number of hydrogen-bond acceptors (Lipinski definition) is 4. The van der Waals surface area contributed by atoms with Crippen LogP contribution < -0.4 is 5.32 Å². The molecule has 1 aromatic heterocycles. The Hall–Kier alpha value is -1.47. The van der Waals surface area contributed by atoms with Crippen LogP contribution in [0.1, 0.15) is 18.6 Å². The summed E-state index contributed by atoms with van der Waals surface area (Å²) in [5, 5.41) is 2.85. The molecule has 7 heteroatoms. The zero-order valence-corrected chi connectivity index (χ0v) is 13.4. The van der Waals surface area contributed by atoms with Crippen LogP contribution in [0.15, 0.2) is 22.8 Å². The van der Waals surface area contributed by atoms with Gasteiger partial charge in [-0.25, -0.2) is 8.78 Å². The van der Waals surface area contributed by atoms with Gasteiger partial charge in [0.1, 0.15) is 5.76 Å². The van der Waals surface area contributed by atoms with E-state index in [1.165, 1.54) is 0 Å². The van der Waals surface area contributed by atoms with E-state index in [0.717, 1.165) is 25.4 Å². The molecule has 5 nitrogen and oxygen atoms in total. The van der Waals surface area contributed by atoms with Gasteiger partial charge in [0.2, 0.25) is 11.8 Å². The van der Waals surface area contributed by atoms with Gasteiger partial charge in [-0.05, 0) is 12.1 Å². The number of hydrogen-bond donors (Lipinski definition) is 1. The van der Waals surface area contributed by atoms with Gasteiger partial charge in [-0.1, -0.05) is 0 Å². The molecule has 0 unspecified atom stereocenters. The maximum absolute atomic E-state index is 12.9. The monoisotopic (exact) mass is 340 g/mol. The lowest BCUT2D eigenvalue weighted by atomic mass is 9.80. The first kappa shape index (κ1) is 16.0. The molecule has 0 aromatic carbocycles. The van der Waals surface area contributed by atoms with Gasteiger partial charge in [0.15, 0.2) is 0 Å². The van der Waals surface area contributed by atoms with E-state index in [9.17, 15) is 13.6 Å². The molecule has 0 bridgehead atoms. The fraction of sp³-hybridized carbons (Fsp3) is 0.706. The number of rotatable bonds is 5. The lowest BCUT2D eigenvalue weighted by molar-refractivity contribution is -0.150. The highest BCUT2D eigenvalue weighted by atomic mass is 19.3. The number of likely N-dealkylation sites (tertiary alicyclic amines) is 1. The minimum atomic E-state index is -2.65. The second kappa shape index (κ2) is 6.11. The summed E-state index contributed by atoms with van der Waals surface area (Å²) in [5.41, 5.74) is 0. The molecule has 1 saturated carbocycles. The molecular weight excluding hydrogens is 318 g/mol. The van der Waals surface area contributed by atoms with Gasteiger partial charge in [-0.15, -0.1) is 0 Å². The van der Waals surface area contributed by atoms with Gasteiger partial charge in [-0.2, -0.15) is 0 Å². The lowest BCUT2D eigenvalue weighted by Crippen LogP contribution is -2.46. The molecule has 2 saturated heterocycles. The molecule has 1 aliphatic carbocycles. The summed E-state index contributed by atoms with van der Waals surface area (Å²) in [4.78, 5) is 14.2. The fourth-order valence-electron chi connectivity index (χ4n) is 4.06. The Morgan fingerprint density at radius 3 is 2.92 bits per heavy atom. The molecule has 3 heterocycles. The number of amides is 1. The van der Waals surface area contributed by atoms with Crippen LogP contribution >= 0.6 is 0 Å². The highest BCUT2D eigenvalue weighted by Crippen LogP contribution is 2.42. The first-order valence-corrected chi connectivity index (χ1v) is 8.52. The third-order valence-corrected chi connectivity index (χ3v) is 5.47. The van der Waals surface area contributed by atoms with Gasteiger partial charge >= 0.3 is 0 Å². The molecule has 1 aromatic rings. The summed E-state index contributed by atoms with van der Waals surface area (Å²) < 4.78 is 36.9. The van der Waals surface area contributed by atoms with Crippen LogP contribution in [0.2, 0.25) is 0 Å². The zero-order chi connectivity index (χ0) is 16.7. The van der Waals surface area contributed by atoms with Crippen molar-refractivity contribution in [2.45, 2.75) is 31.4 Å². The summed E-state index contributed by atoms with van der Waals surface area (Å²) in [6.45, 7) is 3.68. The Labute approximate surface area is 139 Å². The quantitative estimate of drug-likeness (QED) is 0.889. The summed E-state index contributed by atoms with van der Waals surface area (Å²) in [6, 6.07) is 3.84. The second-order valence-electron chi connectivity index (χ2n) is 7.28. The van der Waals surface area contributed by atoms with E-state index >= 15 is 0 Å². The number of nitrogens with one attached hydrogen (secondary N) is 1. The third kappa shape index (κ3) is 3.19. The first-order chi connectivity index (χ1) is 11.5. The second-order valence-corrected chi connectivity index (χ2v) is 7.28. The first-order valence-electron chi connectivity index (χ1n) is 8.52. The topological polar surface area (TPSA) is 54.7 Å². The minimum absolute atomic E-state index is 0.190. The molecule has 132 valence electrons. The van der Waals surface area contributed by atoms with Crippen molar-refractivity contribution < 1.29 is 22.7 Å². The van der Waals surface area contributed by atoms with E-state index in [1.807, 2.05) is 12.1 Å². The molecular formula is C17H22F2N2O3. The van der Waals surface area contributed by atoms with E-state index in [2.05, 4.69) is 10.2 Å². The lowest BCUT2D eigenvalue weighted by Gasteiger charge is -2.34. The van der Waals surface area contributed by atoms with E-state index in [4.69, 9.17) is 9.15 Å². The summed E-state index contributed by atoms with van der Waals surface area (Å²) >= 11 is 0. The molecule has 3 fully saturated rings. The Bertz CT molecular complexity index is 585. The van der Waals surface area contributed by atoms with Gasteiger partial charge < -0.3 is 14.5 Å². The van der Waals surface area contributed by atoms with E-state index in [0.29, 0.717) is 19.1 Å². The highest BCUT2D eigenvalue weighted by Gasteiger charge is 2.49. The minimum Gasteiger partial charge on any atom is -0.468 e. The molecule has 1 N–H and O–H groups in total. The van der Waals surface area contributed by atoms with Crippen molar-refractivity contribution in [1.82, 2.24) is 10.2 Å². The summed E-state index contributed by atoms with van der Waals surface area (Å²) in [5.74, 6) is -1.86. The molecule has 3 atom stereocenters. The number of fused-ring (bicyclic) bond motifs is 1. The molecule has 1 amide bonds. The highest BCUT2D eigenvalue weighted by molar-refractivity contribution is 5.79. The number of alkyl halides is 2. The number of nitrogens with zero attached hydrogens (tertiary/aromatic N) is 1. The van der Waals surface area contributed by atoms with Crippen molar-refractivity contribution in [3.05, 3.63) is 24.2 Å². The number of halogens is 2. The molecule has 2 aliphatic heterocycles. The van der Waals surface area contributed by atoms with Crippen molar-refractivity contribution in [1.29, 1.82) is 0 Å². The van der Waals surface area contributed by atoms with E-state index in [-0.39, 0.29) is 30.8 Å². The van der Waals surface area contributed by atoms with Gasteiger partial charge in [0.25, 0.3) is 0 Å². The van der Waals surface area contributed by atoms with Crippen molar-refractivity contribution in [3.63, 3.8) is 0 Å². The zero-order valence-electron chi connectivity index (χ0n) is 13.4. The average Bonchev–Trinajstić information content (AvgIpc) is 3.20. The van der Waals surface area contributed by atoms with Crippen LogP contribution in [0.4, 0.5) is 8.78 Å². The molecule has 4 rings (SSSR count). The predicted molar refractivity (Wildman–Crippen MR) is 81.4 cm³/mol. The number of carbonyl (C=O) groups is 1. The number of furan rings is 1. The van der Waals surface area contributed by atoms with Gasteiger partial charge in [0.05, 0.1) is 25.5 Å². The smallest absolute Gasteiger partial charge is 0.249 e. The summed E-state index contributed by atoms with van der Waals surface area (Å²) in [6.07, 6.45) is 1.23. The van der Waals surface area contributed by atoms with Crippen molar-refractivity contribution in [3.8, 4) is 0 Å². The van der Waals surface area contributed by atoms with Crippen LogP contribution in [0.3, 0.4) is 0 Å². The standard InChI is InChI=1S/C17H22F2N2O3/c18-17(19)4-11(5-17)16(22)20-6-12-10-24-15-9-21(8-14(12)15)7-13-2-1-3-23-13/h1-3,11-12,14-15H,4-10H2,(H,20,22)/t12-,14-,15-/m1/s1. The van der Waals surface area contributed by atoms with Gasteiger partial charge in [-0.3, -0.25) is 9.69 Å². The van der Waals surface area contributed by atoms with Crippen LogP contribution in [0.5, 0.6) is 0 Å². The molecule has 24 heavy (non-hydrogen) atoms. The van der Waals surface area contributed by atoms with Crippen LogP contribution in [-0.4, -0.2) is 49.1 Å². The van der Waals surface area contributed by atoms with Crippen molar-refractivity contribution in [2.24, 2.45) is 17.8 Å². The number of ether oxygens (including phenoxy) is 1. The third-order valence-electron chi connectivity index (χ3n) is 5.47. The van der Waals surface area contributed by atoms with Crippen LogP contribution in [-0.2, 0) is 16.1 Å². The predicted octanol–water partition coefficient (Wildman–Crippen LogP) is 1.89. The van der Waals surface area contributed by atoms with Crippen LogP contribution in [0, 0.1) is 17.8 Å². The normalized spacial score (nSPS) is 32.5.